The number of likely N-dealkylation sites (N-methyl/N-ethyl adjacent to an activating group) is 1. The van der Waals surface area contributed by atoms with Crippen molar-refractivity contribution in [3.8, 4) is 0 Å². The molecule has 16 heavy (non-hydrogen) atoms. The van der Waals surface area contributed by atoms with Crippen LogP contribution in [-0.4, -0.2) is 26.1 Å². The molecule has 4 nitrogen and oxygen atoms in total. The summed E-state index contributed by atoms with van der Waals surface area (Å²) in [5, 5.41) is 5.72. The van der Waals surface area contributed by atoms with E-state index in [1.807, 2.05) is 31.2 Å². The molecule has 0 aromatic heterocycles. The van der Waals surface area contributed by atoms with E-state index < -0.39 is 0 Å². The first-order valence-electron chi connectivity index (χ1n) is 5.23. The van der Waals surface area contributed by atoms with Gasteiger partial charge in [0.1, 0.15) is 0 Å². The fraction of sp³-hybridized carbons (Fsp3) is 0.417. The lowest BCUT2D eigenvalue weighted by molar-refractivity contribution is -0.117. The summed E-state index contributed by atoms with van der Waals surface area (Å²) in [6, 6.07) is 7.42. The zero-order valence-corrected chi connectivity index (χ0v) is 9.91. The molecule has 1 amide bonds. The molecular formula is C12H18N2O2. The van der Waals surface area contributed by atoms with E-state index in [0.29, 0.717) is 6.61 Å². The lowest BCUT2D eigenvalue weighted by Gasteiger charge is -2.11. The normalized spacial score (nSPS) is 12.2. The quantitative estimate of drug-likeness (QED) is 0.791. The Morgan fingerprint density at radius 1 is 1.50 bits per heavy atom. The number of benzene rings is 1. The highest BCUT2D eigenvalue weighted by Gasteiger charge is 2.09. The molecule has 0 saturated heterocycles. The van der Waals surface area contributed by atoms with Crippen LogP contribution in [0, 0.1) is 0 Å². The number of hydrogen-bond acceptors (Lipinski definition) is 3. The smallest absolute Gasteiger partial charge is 0.241 e. The van der Waals surface area contributed by atoms with Crippen molar-refractivity contribution in [3.05, 3.63) is 29.8 Å². The highest BCUT2D eigenvalue weighted by Crippen LogP contribution is 2.11. The molecule has 4 heteroatoms. The highest BCUT2D eigenvalue weighted by molar-refractivity contribution is 5.94. The number of carbonyl (C=O) groups excluding carboxylic acids is 1. The molecule has 0 radical (unpaired) electrons. The molecule has 1 unspecified atom stereocenters. The van der Waals surface area contributed by atoms with Gasteiger partial charge in [0.05, 0.1) is 12.6 Å². The van der Waals surface area contributed by atoms with Gasteiger partial charge in [-0.1, -0.05) is 12.1 Å². The average molecular weight is 222 g/mol. The van der Waals surface area contributed by atoms with Gasteiger partial charge in [0.2, 0.25) is 5.91 Å². The Hall–Kier alpha value is -1.39. The lowest BCUT2D eigenvalue weighted by atomic mass is 10.2. The van der Waals surface area contributed by atoms with E-state index in [1.54, 1.807) is 14.2 Å². The van der Waals surface area contributed by atoms with Crippen LogP contribution in [0.1, 0.15) is 12.5 Å². The van der Waals surface area contributed by atoms with Crippen LogP contribution in [0.15, 0.2) is 24.3 Å². The monoisotopic (exact) mass is 222 g/mol. The van der Waals surface area contributed by atoms with E-state index in [4.69, 9.17) is 4.74 Å². The van der Waals surface area contributed by atoms with E-state index in [9.17, 15) is 4.79 Å². The number of methoxy groups -OCH3 is 1. The minimum atomic E-state index is -0.203. The SMILES string of the molecule is CNC(C)C(=O)Nc1cccc(COC)c1. The van der Waals surface area contributed by atoms with Gasteiger partial charge in [-0.05, 0) is 31.7 Å². The van der Waals surface area contributed by atoms with Crippen LogP contribution in [-0.2, 0) is 16.1 Å². The summed E-state index contributed by atoms with van der Waals surface area (Å²) in [5.41, 5.74) is 1.83. The van der Waals surface area contributed by atoms with Crippen LogP contribution >= 0.6 is 0 Å². The number of nitrogens with one attached hydrogen (secondary N) is 2. The average Bonchev–Trinajstić information content (AvgIpc) is 2.29. The number of amides is 1. The second kappa shape index (κ2) is 6.25. The lowest BCUT2D eigenvalue weighted by Crippen LogP contribution is -2.35. The molecule has 0 bridgehead atoms. The van der Waals surface area contributed by atoms with Gasteiger partial charge < -0.3 is 15.4 Å². The molecule has 0 aliphatic rings. The molecule has 0 aliphatic carbocycles. The van der Waals surface area contributed by atoms with Gasteiger partial charge in [-0.2, -0.15) is 0 Å². The number of ether oxygens (including phenoxy) is 1. The Morgan fingerprint density at radius 2 is 2.25 bits per heavy atom. The Labute approximate surface area is 96.0 Å². The summed E-state index contributed by atoms with van der Waals surface area (Å²) in [4.78, 5) is 11.6. The molecule has 1 aromatic rings. The zero-order chi connectivity index (χ0) is 12.0. The van der Waals surface area contributed by atoms with Crippen LogP contribution in [0.3, 0.4) is 0 Å². The van der Waals surface area contributed by atoms with Gasteiger partial charge >= 0.3 is 0 Å². The van der Waals surface area contributed by atoms with Crippen LogP contribution in [0.25, 0.3) is 0 Å². The Morgan fingerprint density at radius 3 is 2.88 bits per heavy atom. The largest absolute Gasteiger partial charge is 0.380 e. The van der Waals surface area contributed by atoms with E-state index in [1.165, 1.54) is 0 Å². The van der Waals surface area contributed by atoms with Crippen molar-refractivity contribution in [2.24, 2.45) is 0 Å². The van der Waals surface area contributed by atoms with Crippen LogP contribution in [0.4, 0.5) is 5.69 Å². The van der Waals surface area contributed by atoms with Crippen molar-refractivity contribution >= 4 is 11.6 Å². The Kier molecular flexibility index (Phi) is 4.95. The van der Waals surface area contributed by atoms with Gasteiger partial charge in [-0.15, -0.1) is 0 Å². The third-order valence-corrected chi connectivity index (χ3v) is 2.33. The maximum Gasteiger partial charge on any atom is 0.241 e. The zero-order valence-electron chi connectivity index (χ0n) is 9.91. The first kappa shape index (κ1) is 12.7. The maximum absolute atomic E-state index is 11.6. The number of rotatable bonds is 5. The standard InChI is InChI=1S/C12H18N2O2/c1-9(13-2)12(15)14-11-6-4-5-10(7-11)8-16-3/h4-7,9,13H,8H2,1-3H3,(H,14,15). The Balaban J connectivity index is 2.66. The molecule has 0 aliphatic heterocycles. The van der Waals surface area contributed by atoms with E-state index in [0.717, 1.165) is 11.3 Å². The van der Waals surface area contributed by atoms with Crippen molar-refractivity contribution in [3.63, 3.8) is 0 Å². The van der Waals surface area contributed by atoms with Gasteiger partial charge in [-0.25, -0.2) is 0 Å². The van der Waals surface area contributed by atoms with Crippen molar-refractivity contribution in [2.45, 2.75) is 19.6 Å². The molecule has 2 N–H and O–H groups in total. The predicted molar refractivity (Wildman–Crippen MR) is 64.3 cm³/mol. The molecule has 1 rings (SSSR count). The first-order chi connectivity index (χ1) is 7.67. The summed E-state index contributed by atoms with van der Waals surface area (Å²) in [6.07, 6.45) is 0. The topological polar surface area (TPSA) is 50.4 Å². The molecule has 0 heterocycles. The third-order valence-electron chi connectivity index (χ3n) is 2.33. The minimum Gasteiger partial charge on any atom is -0.380 e. The second-order valence-electron chi connectivity index (χ2n) is 3.63. The molecule has 1 aromatic carbocycles. The van der Waals surface area contributed by atoms with Crippen LogP contribution < -0.4 is 10.6 Å². The van der Waals surface area contributed by atoms with Crippen molar-refractivity contribution in [1.82, 2.24) is 5.32 Å². The van der Waals surface area contributed by atoms with E-state index >= 15 is 0 Å². The van der Waals surface area contributed by atoms with Crippen LogP contribution in [0.5, 0.6) is 0 Å². The third kappa shape index (κ3) is 3.64. The maximum atomic E-state index is 11.6. The van der Waals surface area contributed by atoms with Gasteiger partial charge in [0.25, 0.3) is 0 Å². The molecule has 0 spiro atoms. The summed E-state index contributed by atoms with van der Waals surface area (Å²) >= 11 is 0. The van der Waals surface area contributed by atoms with Crippen LogP contribution in [0.2, 0.25) is 0 Å². The molecule has 1 atom stereocenters. The summed E-state index contributed by atoms with van der Waals surface area (Å²) in [7, 11) is 3.40. The van der Waals surface area contributed by atoms with E-state index in [-0.39, 0.29) is 11.9 Å². The second-order valence-corrected chi connectivity index (χ2v) is 3.63. The van der Waals surface area contributed by atoms with Crippen molar-refractivity contribution in [2.75, 3.05) is 19.5 Å². The van der Waals surface area contributed by atoms with Gasteiger partial charge in [-0.3, -0.25) is 4.79 Å². The summed E-state index contributed by atoms with van der Waals surface area (Å²) in [5.74, 6) is -0.0444. The van der Waals surface area contributed by atoms with Crippen molar-refractivity contribution in [1.29, 1.82) is 0 Å². The number of anilines is 1. The molecule has 88 valence electrons. The number of carbonyl (C=O) groups is 1. The predicted octanol–water partition coefficient (Wildman–Crippen LogP) is 1.38. The molecular weight excluding hydrogens is 204 g/mol. The van der Waals surface area contributed by atoms with Crippen molar-refractivity contribution < 1.29 is 9.53 Å². The minimum absolute atomic E-state index is 0.0444. The summed E-state index contributed by atoms with van der Waals surface area (Å²) in [6.45, 7) is 2.36. The van der Waals surface area contributed by atoms with Gasteiger partial charge in [0.15, 0.2) is 0 Å². The Bertz CT molecular complexity index is 353. The highest BCUT2D eigenvalue weighted by atomic mass is 16.5. The molecule has 0 saturated carbocycles. The van der Waals surface area contributed by atoms with Gasteiger partial charge in [0, 0.05) is 12.8 Å². The first-order valence-corrected chi connectivity index (χ1v) is 5.23. The summed E-state index contributed by atoms with van der Waals surface area (Å²) < 4.78 is 5.03. The fourth-order valence-electron chi connectivity index (χ4n) is 1.29. The van der Waals surface area contributed by atoms with E-state index in [2.05, 4.69) is 10.6 Å². The fourth-order valence-corrected chi connectivity index (χ4v) is 1.29. The number of hydrogen-bond donors (Lipinski definition) is 2. The molecule has 0 fully saturated rings.